The maximum Gasteiger partial charge on any atom is 0.306 e. The Kier molecular flexibility index (Phi) is 6.32. The van der Waals surface area contributed by atoms with E-state index in [2.05, 4.69) is 13.8 Å². The predicted molar refractivity (Wildman–Crippen MR) is 74.8 cm³/mol. The minimum absolute atomic E-state index is 0.0547. The van der Waals surface area contributed by atoms with Gasteiger partial charge in [0, 0.05) is 19.0 Å². The average molecular weight is 269 g/mol. The van der Waals surface area contributed by atoms with Crippen molar-refractivity contribution in [3.63, 3.8) is 0 Å². The minimum atomic E-state index is -0.724. The van der Waals surface area contributed by atoms with Gasteiger partial charge in [0.05, 0.1) is 5.92 Å². The van der Waals surface area contributed by atoms with Crippen LogP contribution in [-0.2, 0) is 9.59 Å². The normalized spacial score (nSPS) is 23.7. The Balaban J connectivity index is 2.61. The molecule has 1 heterocycles. The molecule has 110 valence electrons. The Labute approximate surface area is 116 Å². The van der Waals surface area contributed by atoms with E-state index < -0.39 is 5.97 Å². The van der Waals surface area contributed by atoms with Crippen molar-refractivity contribution in [1.29, 1.82) is 0 Å². The summed E-state index contributed by atoms with van der Waals surface area (Å²) in [6, 6.07) is 0. The van der Waals surface area contributed by atoms with E-state index >= 15 is 0 Å². The van der Waals surface area contributed by atoms with Crippen LogP contribution in [0.4, 0.5) is 0 Å². The molecule has 1 amide bonds. The Bertz CT molecular complexity index is 311. The molecule has 4 nitrogen and oxygen atoms in total. The molecular formula is C15H27NO3. The van der Waals surface area contributed by atoms with Crippen molar-refractivity contribution < 1.29 is 14.7 Å². The van der Waals surface area contributed by atoms with Crippen LogP contribution in [0.1, 0.15) is 52.9 Å². The Morgan fingerprint density at radius 2 is 1.84 bits per heavy atom. The second kappa shape index (κ2) is 7.51. The fraction of sp³-hybridized carbons (Fsp3) is 0.867. The molecule has 1 fully saturated rings. The van der Waals surface area contributed by atoms with Crippen LogP contribution in [0.25, 0.3) is 0 Å². The number of rotatable bonds is 6. The lowest BCUT2D eigenvalue weighted by Crippen LogP contribution is -2.47. The van der Waals surface area contributed by atoms with E-state index in [0.29, 0.717) is 19.5 Å². The molecule has 0 aromatic heterocycles. The van der Waals surface area contributed by atoms with Gasteiger partial charge in [0.15, 0.2) is 0 Å². The molecule has 1 aliphatic rings. The Morgan fingerprint density at radius 3 is 2.26 bits per heavy atom. The summed E-state index contributed by atoms with van der Waals surface area (Å²) < 4.78 is 0. The molecule has 1 saturated heterocycles. The van der Waals surface area contributed by atoms with Gasteiger partial charge in [-0.1, -0.05) is 33.6 Å². The van der Waals surface area contributed by atoms with E-state index in [1.807, 2.05) is 11.8 Å². The van der Waals surface area contributed by atoms with Crippen molar-refractivity contribution >= 4 is 11.9 Å². The van der Waals surface area contributed by atoms with Crippen molar-refractivity contribution in [3.05, 3.63) is 0 Å². The lowest BCUT2D eigenvalue weighted by molar-refractivity contribution is -0.149. The maximum absolute atomic E-state index is 12.5. The molecular weight excluding hydrogens is 242 g/mol. The monoisotopic (exact) mass is 269 g/mol. The van der Waals surface area contributed by atoms with Crippen LogP contribution < -0.4 is 0 Å². The number of aliphatic carboxylic acids is 1. The van der Waals surface area contributed by atoms with Crippen LogP contribution in [0.15, 0.2) is 0 Å². The first-order valence-electron chi connectivity index (χ1n) is 7.52. The van der Waals surface area contributed by atoms with Gasteiger partial charge in [-0.25, -0.2) is 0 Å². The smallest absolute Gasteiger partial charge is 0.306 e. The van der Waals surface area contributed by atoms with Gasteiger partial charge >= 0.3 is 5.97 Å². The predicted octanol–water partition coefficient (Wildman–Crippen LogP) is 2.77. The number of hydrogen-bond acceptors (Lipinski definition) is 2. The molecule has 1 N–H and O–H groups in total. The van der Waals surface area contributed by atoms with E-state index in [4.69, 9.17) is 5.11 Å². The molecule has 0 spiro atoms. The van der Waals surface area contributed by atoms with Crippen LogP contribution in [0.2, 0.25) is 0 Å². The van der Waals surface area contributed by atoms with Gasteiger partial charge in [-0.2, -0.15) is 0 Å². The number of piperidine rings is 1. The van der Waals surface area contributed by atoms with Crippen LogP contribution in [0.5, 0.6) is 0 Å². The number of carbonyl (C=O) groups excluding carboxylic acids is 1. The molecule has 0 aliphatic carbocycles. The van der Waals surface area contributed by atoms with Gasteiger partial charge in [0.1, 0.15) is 0 Å². The molecule has 0 saturated carbocycles. The van der Waals surface area contributed by atoms with Crippen LogP contribution >= 0.6 is 0 Å². The molecule has 1 aliphatic heterocycles. The van der Waals surface area contributed by atoms with E-state index in [-0.39, 0.29) is 23.7 Å². The standard InChI is InChI=1S/C15H27NO3/c1-4-6-12(7-5-2)14(17)16-9-8-13(15(18)19)11(3)10-16/h11-13H,4-10H2,1-3H3,(H,18,19). The van der Waals surface area contributed by atoms with Crippen molar-refractivity contribution in [3.8, 4) is 0 Å². The molecule has 1 rings (SSSR count). The zero-order chi connectivity index (χ0) is 14.4. The third-order valence-corrected chi connectivity index (χ3v) is 4.16. The summed E-state index contributed by atoms with van der Waals surface area (Å²) in [6.45, 7) is 7.35. The number of carbonyl (C=O) groups is 2. The number of carboxylic acid groups (broad SMARTS) is 1. The molecule has 19 heavy (non-hydrogen) atoms. The SMILES string of the molecule is CCCC(CCC)C(=O)N1CCC(C(=O)O)C(C)C1. The van der Waals surface area contributed by atoms with E-state index in [9.17, 15) is 9.59 Å². The minimum Gasteiger partial charge on any atom is -0.481 e. The van der Waals surface area contributed by atoms with Gasteiger partial charge in [0.2, 0.25) is 5.91 Å². The Morgan fingerprint density at radius 1 is 1.26 bits per heavy atom. The zero-order valence-corrected chi connectivity index (χ0v) is 12.4. The van der Waals surface area contributed by atoms with Crippen LogP contribution in [0.3, 0.4) is 0 Å². The number of carboxylic acids is 1. The molecule has 2 atom stereocenters. The summed E-state index contributed by atoms with van der Waals surface area (Å²) in [4.78, 5) is 25.4. The van der Waals surface area contributed by atoms with Crippen molar-refractivity contribution in [1.82, 2.24) is 4.90 Å². The highest BCUT2D eigenvalue weighted by atomic mass is 16.4. The van der Waals surface area contributed by atoms with Crippen LogP contribution in [-0.4, -0.2) is 35.0 Å². The molecule has 4 heteroatoms. The fourth-order valence-electron chi connectivity index (χ4n) is 3.06. The summed E-state index contributed by atoms with van der Waals surface area (Å²) in [6.07, 6.45) is 4.53. The highest BCUT2D eigenvalue weighted by Gasteiger charge is 2.34. The summed E-state index contributed by atoms with van der Waals surface area (Å²) in [5.74, 6) is -0.597. The average Bonchev–Trinajstić information content (AvgIpc) is 2.37. The van der Waals surface area contributed by atoms with E-state index in [0.717, 1.165) is 25.7 Å². The largest absolute Gasteiger partial charge is 0.481 e. The summed E-state index contributed by atoms with van der Waals surface area (Å²) >= 11 is 0. The first-order chi connectivity index (χ1) is 9.01. The summed E-state index contributed by atoms with van der Waals surface area (Å²) in [5, 5.41) is 9.11. The maximum atomic E-state index is 12.5. The zero-order valence-electron chi connectivity index (χ0n) is 12.4. The lowest BCUT2D eigenvalue weighted by Gasteiger charge is -2.36. The Hall–Kier alpha value is -1.06. The van der Waals surface area contributed by atoms with E-state index in [1.54, 1.807) is 0 Å². The molecule has 2 unspecified atom stereocenters. The third kappa shape index (κ3) is 4.22. The number of nitrogens with zero attached hydrogens (tertiary/aromatic N) is 1. The summed E-state index contributed by atoms with van der Waals surface area (Å²) in [7, 11) is 0. The van der Waals surface area contributed by atoms with Crippen molar-refractivity contribution in [2.45, 2.75) is 52.9 Å². The topological polar surface area (TPSA) is 57.6 Å². The van der Waals surface area contributed by atoms with Crippen LogP contribution in [0, 0.1) is 17.8 Å². The highest BCUT2D eigenvalue weighted by Crippen LogP contribution is 2.26. The molecule has 0 aromatic rings. The second-order valence-corrected chi connectivity index (χ2v) is 5.77. The van der Waals surface area contributed by atoms with Crippen molar-refractivity contribution in [2.75, 3.05) is 13.1 Å². The quantitative estimate of drug-likeness (QED) is 0.806. The number of likely N-dealkylation sites (tertiary alicyclic amines) is 1. The lowest BCUT2D eigenvalue weighted by atomic mass is 9.86. The first-order valence-corrected chi connectivity index (χ1v) is 7.52. The van der Waals surface area contributed by atoms with Gasteiger partial charge in [-0.05, 0) is 25.2 Å². The van der Waals surface area contributed by atoms with Gasteiger partial charge < -0.3 is 10.0 Å². The van der Waals surface area contributed by atoms with Crippen molar-refractivity contribution in [2.24, 2.45) is 17.8 Å². The van der Waals surface area contributed by atoms with Gasteiger partial charge in [-0.3, -0.25) is 9.59 Å². The number of hydrogen-bond donors (Lipinski definition) is 1. The van der Waals surface area contributed by atoms with Gasteiger partial charge in [0.25, 0.3) is 0 Å². The van der Waals surface area contributed by atoms with E-state index in [1.165, 1.54) is 0 Å². The second-order valence-electron chi connectivity index (χ2n) is 5.77. The highest BCUT2D eigenvalue weighted by molar-refractivity contribution is 5.79. The fourth-order valence-corrected chi connectivity index (χ4v) is 3.06. The molecule has 0 radical (unpaired) electrons. The summed E-state index contributed by atoms with van der Waals surface area (Å²) in [5.41, 5.74) is 0. The molecule has 0 aromatic carbocycles. The third-order valence-electron chi connectivity index (χ3n) is 4.16. The first kappa shape index (κ1) is 16.0. The van der Waals surface area contributed by atoms with Gasteiger partial charge in [-0.15, -0.1) is 0 Å². The molecule has 0 bridgehead atoms. The number of amides is 1.